The van der Waals surface area contributed by atoms with E-state index < -0.39 is 5.97 Å². The number of nitrogens with one attached hydrogen (secondary N) is 2. The molecule has 3 rings (SSSR count). The maximum atomic E-state index is 11.5. The lowest BCUT2D eigenvalue weighted by Crippen LogP contribution is -2.24. The van der Waals surface area contributed by atoms with Crippen molar-refractivity contribution in [2.75, 3.05) is 25.0 Å². The van der Waals surface area contributed by atoms with E-state index in [0.717, 1.165) is 19.5 Å². The van der Waals surface area contributed by atoms with E-state index >= 15 is 0 Å². The maximum Gasteiger partial charge on any atom is 0.339 e. The molecule has 0 radical (unpaired) electrons. The fourth-order valence-corrected chi connectivity index (χ4v) is 3.10. The Morgan fingerprint density at radius 3 is 3.04 bits per heavy atom. The Hall–Kier alpha value is -2.67. The van der Waals surface area contributed by atoms with Gasteiger partial charge < -0.3 is 20.5 Å². The molecule has 0 aliphatic carbocycles. The van der Waals surface area contributed by atoms with Crippen LogP contribution in [0.5, 0.6) is 5.75 Å². The first-order chi connectivity index (χ1) is 12.7. The standard InChI is InChI=1S/C19H24N4O3/c1-2-26-17-6-5-13(12-15(17)18(24)25)16-8-11-22-19(23-16)21-10-7-14-4-3-9-20-14/h5-6,8,11-12,14,20H,2-4,7,9-10H2,1H3,(H,24,25)(H,21,22,23)/t14-/m1/s1. The molecule has 1 aromatic heterocycles. The average molecular weight is 356 g/mol. The molecular formula is C19H24N4O3. The maximum absolute atomic E-state index is 11.5. The third-order valence-electron chi connectivity index (χ3n) is 4.40. The molecule has 26 heavy (non-hydrogen) atoms. The van der Waals surface area contributed by atoms with Crippen LogP contribution in [0.4, 0.5) is 5.95 Å². The highest BCUT2D eigenvalue weighted by molar-refractivity contribution is 5.92. The molecule has 0 unspecified atom stereocenters. The number of rotatable bonds is 8. The fourth-order valence-electron chi connectivity index (χ4n) is 3.10. The van der Waals surface area contributed by atoms with Gasteiger partial charge in [0, 0.05) is 24.3 Å². The van der Waals surface area contributed by atoms with Crippen LogP contribution in [-0.4, -0.2) is 46.8 Å². The second-order valence-electron chi connectivity index (χ2n) is 6.22. The highest BCUT2D eigenvalue weighted by Crippen LogP contribution is 2.26. The van der Waals surface area contributed by atoms with Crippen molar-refractivity contribution in [2.45, 2.75) is 32.2 Å². The van der Waals surface area contributed by atoms with Crippen LogP contribution in [0.25, 0.3) is 11.3 Å². The van der Waals surface area contributed by atoms with Crippen molar-refractivity contribution in [3.8, 4) is 17.0 Å². The SMILES string of the molecule is CCOc1ccc(-c2ccnc(NCC[C@H]3CCCN3)n2)cc1C(=O)O. The third-order valence-corrected chi connectivity index (χ3v) is 4.40. The number of benzene rings is 1. The summed E-state index contributed by atoms with van der Waals surface area (Å²) in [6.45, 7) is 4.13. The topological polar surface area (TPSA) is 96.4 Å². The van der Waals surface area contributed by atoms with Crippen molar-refractivity contribution in [2.24, 2.45) is 0 Å². The minimum atomic E-state index is -1.02. The summed E-state index contributed by atoms with van der Waals surface area (Å²) >= 11 is 0. The zero-order valence-electron chi connectivity index (χ0n) is 14.9. The van der Waals surface area contributed by atoms with Crippen LogP contribution in [0.15, 0.2) is 30.5 Å². The molecule has 3 N–H and O–H groups in total. The van der Waals surface area contributed by atoms with Crippen LogP contribution in [0.2, 0.25) is 0 Å². The van der Waals surface area contributed by atoms with E-state index in [0.29, 0.717) is 35.6 Å². The number of aromatic nitrogens is 2. The van der Waals surface area contributed by atoms with Gasteiger partial charge in [-0.25, -0.2) is 14.8 Å². The Morgan fingerprint density at radius 2 is 2.31 bits per heavy atom. The lowest BCUT2D eigenvalue weighted by molar-refractivity contribution is 0.0692. The Morgan fingerprint density at radius 1 is 1.42 bits per heavy atom. The summed E-state index contributed by atoms with van der Waals surface area (Å²) in [6, 6.07) is 7.40. The second kappa shape index (κ2) is 8.62. The van der Waals surface area contributed by atoms with E-state index in [2.05, 4.69) is 20.6 Å². The van der Waals surface area contributed by atoms with Gasteiger partial charge in [0.05, 0.1) is 12.3 Å². The molecule has 1 saturated heterocycles. The first-order valence-electron chi connectivity index (χ1n) is 8.98. The first-order valence-corrected chi connectivity index (χ1v) is 8.98. The van der Waals surface area contributed by atoms with Crippen molar-refractivity contribution in [1.82, 2.24) is 15.3 Å². The molecule has 0 saturated carbocycles. The predicted molar refractivity (Wildman–Crippen MR) is 99.7 cm³/mol. The lowest BCUT2D eigenvalue weighted by Gasteiger charge is -2.12. The number of aromatic carboxylic acids is 1. The van der Waals surface area contributed by atoms with Gasteiger partial charge in [-0.2, -0.15) is 0 Å². The van der Waals surface area contributed by atoms with Gasteiger partial charge in [0.25, 0.3) is 0 Å². The third kappa shape index (κ3) is 4.49. The van der Waals surface area contributed by atoms with Gasteiger partial charge in [-0.1, -0.05) is 0 Å². The number of carbonyl (C=O) groups is 1. The second-order valence-corrected chi connectivity index (χ2v) is 6.22. The van der Waals surface area contributed by atoms with Gasteiger partial charge in [-0.15, -0.1) is 0 Å². The molecule has 1 aliphatic heterocycles. The molecule has 7 heteroatoms. The Kier molecular flexibility index (Phi) is 6.01. The molecule has 2 heterocycles. The highest BCUT2D eigenvalue weighted by atomic mass is 16.5. The Labute approximate surface area is 152 Å². The number of nitrogens with zero attached hydrogens (tertiary/aromatic N) is 2. The van der Waals surface area contributed by atoms with Crippen LogP contribution < -0.4 is 15.4 Å². The zero-order valence-corrected chi connectivity index (χ0v) is 14.9. The van der Waals surface area contributed by atoms with Crippen LogP contribution in [0.1, 0.15) is 36.5 Å². The van der Waals surface area contributed by atoms with Crippen LogP contribution in [-0.2, 0) is 0 Å². The van der Waals surface area contributed by atoms with Crippen molar-refractivity contribution in [3.05, 3.63) is 36.0 Å². The van der Waals surface area contributed by atoms with E-state index in [1.807, 2.05) is 13.0 Å². The van der Waals surface area contributed by atoms with Crippen LogP contribution in [0.3, 0.4) is 0 Å². The van der Waals surface area contributed by atoms with E-state index in [1.165, 1.54) is 12.8 Å². The summed E-state index contributed by atoms with van der Waals surface area (Å²) in [5, 5.41) is 16.1. The summed E-state index contributed by atoms with van der Waals surface area (Å²) in [5.41, 5.74) is 1.52. The molecule has 1 aliphatic rings. The molecule has 138 valence electrons. The molecule has 0 bridgehead atoms. The minimum absolute atomic E-state index is 0.129. The Bertz CT molecular complexity index is 760. The highest BCUT2D eigenvalue weighted by Gasteiger charge is 2.15. The number of hydrogen-bond donors (Lipinski definition) is 3. The summed E-state index contributed by atoms with van der Waals surface area (Å²) in [6.07, 6.45) is 5.15. The Balaban J connectivity index is 1.72. The van der Waals surface area contributed by atoms with Crippen molar-refractivity contribution < 1.29 is 14.6 Å². The summed E-state index contributed by atoms with van der Waals surface area (Å²) in [7, 11) is 0. The van der Waals surface area contributed by atoms with Gasteiger partial charge in [-0.3, -0.25) is 0 Å². The fraction of sp³-hybridized carbons (Fsp3) is 0.421. The number of anilines is 1. The molecule has 1 fully saturated rings. The summed E-state index contributed by atoms with van der Waals surface area (Å²) < 4.78 is 5.38. The summed E-state index contributed by atoms with van der Waals surface area (Å²) in [5.74, 6) is -0.113. The summed E-state index contributed by atoms with van der Waals surface area (Å²) in [4.78, 5) is 20.2. The minimum Gasteiger partial charge on any atom is -0.493 e. The van der Waals surface area contributed by atoms with Gasteiger partial charge in [0.1, 0.15) is 11.3 Å². The molecular weight excluding hydrogens is 332 g/mol. The van der Waals surface area contributed by atoms with Crippen LogP contribution >= 0.6 is 0 Å². The van der Waals surface area contributed by atoms with Gasteiger partial charge in [0.15, 0.2) is 0 Å². The van der Waals surface area contributed by atoms with E-state index in [1.54, 1.807) is 24.4 Å². The van der Waals surface area contributed by atoms with E-state index in [9.17, 15) is 9.90 Å². The van der Waals surface area contributed by atoms with Crippen molar-refractivity contribution in [3.63, 3.8) is 0 Å². The smallest absolute Gasteiger partial charge is 0.339 e. The zero-order chi connectivity index (χ0) is 18.4. The van der Waals surface area contributed by atoms with Gasteiger partial charge in [0.2, 0.25) is 5.95 Å². The van der Waals surface area contributed by atoms with E-state index in [4.69, 9.17) is 4.74 Å². The normalized spacial score (nSPS) is 16.4. The van der Waals surface area contributed by atoms with E-state index in [-0.39, 0.29) is 5.56 Å². The quantitative estimate of drug-likeness (QED) is 0.669. The molecule has 2 aromatic rings. The molecule has 1 atom stereocenters. The molecule has 1 aromatic carbocycles. The first kappa shape index (κ1) is 18.1. The van der Waals surface area contributed by atoms with Gasteiger partial charge >= 0.3 is 5.97 Å². The molecule has 7 nitrogen and oxygen atoms in total. The molecule has 0 amide bonds. The largest absolute Gasteiger partial charge is 0.493 e. The van der Waals surface area contributed by atoms with Crippen molar-refractivity contribution >= 4 is 11.9 Å². The van der Waals surface area contributed by atoms with Crippen molar-refractivity contribution in [1.29, 1.82) is 0 Å². The van der Waals surface area contributed by atoms with Crippen LogP contribution in [0, 0.1) is 0 Å². The monoisotopic (exact) mass is 356 g/mol. The molecule has 0 spiro atoms. The lowest BCUT2D eigenvalue weighted by atomic mass is 10.1. The van der Waals surface area contributed by atoms with Gasteiger partial charge in [-0.05, 0) is 57.0 Å². The number of carboxylic acid groups (broad SMARTS) is 1. The number of hydrogen-bond acceptors (Lipinski definition) is 6. The predicted octanol–water partition coefficient (Wildman–Crippen LogP) is 2.79. The number of ether oxygens (including phenoxy) is 1. The number of carboxylic acids is 1. The average Bonchev–Trinajstić information content (AvgIpc) is 3.16.